The Balaban J connectivity index is 1.98. The van der Waals surface area contributed by atoms with Crippen molar-refractivity contribution in [3.8, 4) is 0 Å². The highest BCUT2D eigenvalue weighted by molar-refractivity contribution is 7.80. The average molecular weight is 363 g/mol. The molecule has 0 radical (unpaired) electrons. The SMILES string of the molecule is CC(C)(C)C(=O)NC(=S)Nc1ccccc1C(=O)NC[C@H]1CCCO1. The average Bonchev–Trinajstić information content (AvgIpc) is 3.05. The van der Waals surface area contributed by atoms with Crippen LogP contribution < -0.4 is 16.0 Å². The van der Waals surface area contributed by atoms with Crippen LogP contribution in [0, 0.1) is 5.41 Å². The Labute approximate surface area is 153 Å². The summed E-state index contributed by atoms with van der Waals surface area (Å²) in [6.45, 7) is 6.64. The van der Waals surface area contributed by atoms with Crippen LogP contribution in [0.25, 0.3) is 0 Å². The van der Waals surface area contributed by atoms with Crippen molar-refractivity contribution in [3.63, 3.8) is 0 Å². The number of hydrogen-bond acceptors (Lipinski definition) is 4. The molecule has 1 atom stereocenters. The summed E-state index contributed by atoms with van der Waals surface area (Å²) in [6.07, 6.45) is 2.07. The van der Waals surface area contributed by atoms with Crippen LogP contribution in [0.15, 0.2) is 24.3 Å². The predicted octanol–water partition coefficient (Wildman–Crippen LogP) is 2.45. The highest BCUT2D eigenvalue weighted by atomic mass is 32.1. The third kappa shape index (κ3) is 5.79. The van der Waals surface area contributed by atoms with Gasteiger partial charge in [-0.25, -0.2) is 0 Å². The van der Waals surface area contributed by atoms with Gasteiger partial charge in [0.15, 0.2) is 5.11 Å². The van der Waals surface area contributed by atoms with E-state index < -0.39 is 5.41 Å². The normalized spacial score (nSPS) is 17.0. The first kappa shape index (κ1) is 19.3. The molecule has 1 fully saturated rings. The second-order valence-electron chi connectivity index (χ2n) is 7.05. The zero-order valence-electron chi connectivity index (χ0n) is 14.8. The Morgan fingerprint density at radius 1 is 1.28 bits per heavy atom. The molecule has 6 nitrogen and oxygen atoms in total. The molecule has 136 valence electrons. The summed E-state index contributed by atoms with van der Waals surface area (Å²) < 4.78 is 5.51. The van der Waals surface area contributed by atoms with Gasteiger partial charge in [-0.1, -0.05) is 32.9 Å². The van der Waals surface area contributed by atoms with Gasteiger partial charge in [-0.15, -0.1) is 0 Å². The molecule has 1 heterocycles. The molecule has 1 aliphatic rings. The molecule has 1 saturated heterocycles. The number of anilines is 1. The molecule has 1 aromatic carbocycles. The van der Waals surface area contributed by atoms with E-state index in [4.69, 9.17) is 17.0 Å². The first-order valence-corrected chi connectivity index (χ1v) is 8.79. The molecule has 1 aromatic rings. The van der Waals surface area contributed by atoms with Gasteiger partial charge in [0.05, 0.1) is 17.4 Å². The molecule has 0 aromatic heterocycles. The highest BCUT2D eigenvalue weighted by Gasteiger charge is 2.23. The molecule has 3 N–H and O–H groups in total. The largest absolute Gasteiger partial charge is 0.376 e. The van der Waals surface area contributed by atoms with E-state index in [1.54, 1.807) is 45.0 Å². The van der Waals surface area contributed by atoms with Gasteiger partial charge < -0.3 is 20.7 Å². The molecular weight excluding hydrogens is 338 g/mol. The van der Waals surface area contributed by atoms with E-state index in [1.165, 1.54) is 0 Å². The third-order valence-electron chi connectivity index (χ3n) is 3.84. The molecule has 2 rings (SSSR count). The Bertz CT molecular complexity index is 649. The van der Waals surface area contributed by atoms with Crippen LogP contribution in [0.1, 0.15) is 44.0 Å². The molecule has 2 amide bonds. The first-order chi connectivity index (χ1) is 11.8. The number of benzene rings is 1. The molecule has 0 unspecified atom stereocenters. The lowest BCUT2D eigenvalue weighted by atomic mass is 9.96. The van der Waals surface area contributed by atoms with Gasteiger partial charge in [-0.2, -0.15) is 0 Å². The van der Waals surface area contributed by atoms with Crippen molar-refractivity contribution in [2.75, 3.05) is 18.5 Å². The van der Waals surface area contributed by atoms with Crippen LogP contribution >= 0.6 is 12.2 Å². The molecule has 1 aliphatic heterocycles. The minimum atomic E-state index is -0.552. The summed E-state index contributed by atoms with van der Waals surface area (Å²) in [5, 5.41) is 8.62. The summed E-state index contributed by atoms with van der Waals surface area (Å²) in [7, 11) is 0. The van der Waals surface area contributed by atoms with Crippen LogP contribution in [-0.2, 0) is 9.53 Å². The van der Waals surface area contributed by atoms with Crippen molar-refractivity contribution < 1.29 is 14.3 Å². The maximum Gasteiger partial charge on any atom is 0.253 e. The van der Waals surface area contributed by atoms with Crippen LogP contribution in [0.5, 0.6) is 0 Å². The lowest BCUT2D eigenvalue weighted by molar-refractivity contribution is -0.126. The number of rotatable bonds is 4. The van der Waals surface area contributed by atoms with E-state index in [9.17, 15) is 9.59 Å². The highest BCUT2D eigenvalue weighted by Crippen LogP contribution is 2.17. The molecule has 0 spiro atoms. The fraction of sp³-hybridized carbons (Fsp3) is 0.500. The lowest BCUT2D eigenvalue weighted by Crippen LogP contribution is -2.41. The molecule has 25 heavy (non-hydrogen) atoms. The zero-order chi connectivity index (χ0) is 18.4. The Hall–Kier alpha value is -1.99. The Morgan fingerprint density at radius 2 is 2.00 bits per heavy atom. The number of carbonyl (C=O) groups excluding carboxylic acids is 2. The van der Waals surface area contributed by atoms with E-state index in [2.05, 4.69) is 16.0 Å². The Morgan fingerprint density at radius 3 is 2.64 bits per heavy atom. The van der Waals surface area contributed by atoms with Crippen molar-refractivity contribution >= 4 is 34.8 Å². The van der Waals surface area contributed by atoms with E-state index >= 15 is 0 Å². The number of ether oxygens (including phenoxy) is 1. The summed E-state index contributed by atoms with van der Waals surface area (Å²) in [4.78, 5) is 24.4. The van der Waals surface area contributed by atoms with E-state index in [-0.39, 0.29) is 23.0 Å². The van der Waals surface area contributed by atoms with Gasteiger partial charge in [0.2, 0.25) is 5.91 Å². The quantitative estimate of drug-likeness (QED) is 0.716. The second kappa shape index (κ2) is 8.40. The van der Waals surface area contributed by atoms with Gasteiger partial charge in [-0.05, 0) is 37.2 Å². The van der Waals surface area contributed by atoms with Gasteiger partial charge in [-0.3, -0.25) is 9.59 Å². The number of carbonyl (C=O) groups is 2. The van der Waals surface area contributed by atoms with Crippen molar-refractivity contribution in [2.45, 2.75) is 39.7 Å². The molecular formula is C18H25N3O3S. The van der Waals surface area contributed by atoms with E-state index in [0.29, 0.717) is 17.8 Å². The topological polar surface area (TPSA) is 79.5 Å². The van der Waals surface area contributed by atoms with Crippen molar-refractivity contribution in [2.24, 2.45) is 5.41 Å². The molecule has 7 heteroatoms. The van der Waals surface area contributed by atoms with E-state index in [0.717, 1.165) is 19.4 Å². The van der Waals surface area contributed by atoms with Crippen molar-refractivity contribution in [1.82, 2.24) is 10.6 Å². The number of amides is 2. The fourth-order valence-electron chi connectivity index (χ4n) is 2.34. The maximum atomic E-state index is 12.4. The number of hydrogen-bond donors (Lipinski definition) is 3. The molecule has 0 saturated carbocycles. The summed E-state index contributed by atoms with van der Waals surface area (Å²) in [5.41, 5.74) is 0.462. The zero-order valence-corrected chi connectivity index (χ0v) is 15.7. The predicted molar refractivity (Wildman–Crippen MR) is 102 cm³/mol. The van der Waals surface area contributed by atoms with Gasteiger partial charge in [0, 0.05) is 18.6 Å². The smallest absolute Gasteiger partial charge is 0.253 e. The van der Waals surface area contributed by atoms with Crippen LogP contribution in [0.4, 0.5) is 5.69 Å². The fourth-order valence-corrected chi connectivity index (χ4v) is 2.54. The standard InChI is InChI=1S/C18H25N3O3S/c1-18(2,3)16(23)21-17(25)20-14-9-5-4-8-13(14)15(22)19-11-12-7-6-10-24-12/h4-5,8-9,12H,6-7,10-11H2,1-3H3,(H,19,22)(H2,20,21,23,25)/t12-/m1/s1. The number of para-hydroxylation sites is 1. The van der Waals surface area contributed by atoms with Crippen LogP contribution in [-0.4, -0.2) is 36.2 Å². The van der Waals surface area contributed by atoms with Gasteiger partial charge in [0.1, 0.15) is 0 Å². The van der Waals surface area contributed by atoms with Crippen molar-refractivity contribution in [3.05, 3.63) is 29.8 Å². The Kier molecular flexibility index (Phi) is 6.50. The number of thiocarbonyl (C=S) groups is 1. The second-order valence-corrected chi connectivity index (χ2v) is 7.46. The van der Waals surface area contributed by atoms with Crippen LogP contribution in [0.3, 0.4) is 0 Å². The minimum Gasteiger partial charge on any atom is -0.376 e. The summed E-state index contributed by atoms with van der Waals surface area (Å²) >= 11 is 5.18. The third-order valence-corrected chi connectivity index (χ3v) is 4.05. The monoisotopic (exact) mass is 363 g/mol. The lowest BCUT2D eigenvalue weighted by Gasteiger charge is -2.19. The maximum absolute atomic E-state index is 12.4. The summed E-state index contributed by atoms with van der Waals surface area (Å²) in [6, 6.07) is 7.04. The number of nitrogens with one attached hydrogen (secondary N) is 3. The van der Waals surface area contributed by atoms with E-state index in [1.807, 2.05) is 0 Å². The van der Waals surface area contributed by atoms with Crippen molar-refractivity contribution in [1.29, 1.82) is 0 Å². The van der Waals surface area contributed by atoms with Gasteiger partial charge in [0.25, 0.3) is 5.91 Å². The summed E-state index contributed by atoms with van der Waals surface area (Å²) in [5.74, 6) is -0.395. The van der Waals surface area contributed by atoms with Gasteiger partial charge >= 0.3 is 0 Å². The van der Waals surface area contributed by atoms with Crippen LogP contribution in [0.2, 0.25) is 0 Å². The molecule has 0 bridgehead atoms. The first-order valence-electron chi connectivity index (χ1n) is 8.38. The minimum absolute atomic E-state index is 0.0798. The molecule has 0 aliphatic carbocycles.